The molecule has 0 bridgehead atoms. The number of hydrogen-bond acceptors (Lipinski definition) is 6. The molecule has 32 heavy (non-hydrogen) atoms. The predicted octanol–water partition coefficient (Wildman–Crippen LogP) is 2.82. The van der Waals surface area contributed by atoms with Crippen LogP contribution in [0.1, 0.15) is 25.8 Å². The van der Waals surface area contributed by atoms with Gasteiger partial charge in [0.15, 0.2) is 0 Å². The van der Waals surface area contributed by atoms with E-state index in [1.54, 1.807) is 31.5 Å². The van der Waals surface area contributed by atoms with Gasteiger partial charge in [-0.05, 0) is 56.6 Å². The number of rotatable bonds is 7. The van der Waals surface area contributed by atoms with E-state index < -0.39 is 0 Å². The first-order valence-electron chi connectivity index (χ1n) is 10.9. The summed E-state index contributed by atoms with van der Waals surface area (Å²) in [7, 11) is 3.53. The molecule has 170 valence electrons. The molecule has 1 saturated heterocycles. The minimum Gasteiger partial charge on any atom is -0.383 e. The number of anilines is 1. The molecule has 0 amide bonds. The van der Waals surface area contributed by atoms with Crippen LogP contribution in [0.15, 0.2) is 41.3 Å². The van der Waals surface area contributed by atoms with Crippen LogP contribution in [0, 0.1) is 5.82 Å². The Hall–Kier alpha value is -3.04. The Morgan fingerprint density at radius 1 is 1.25 bits per heavy atom. The zero-order chi connectivity index (χ0) is 22.7. The van der Waals surface area contributed by atoms with E-state index in [9.17, 15) is 9.18 Å². The summed E-state index contributed by atoms with van der Waals surface area (Å²) in [5, 5.41) is 6.57. The van der Waals surface area contributed by atoms with Crippen LogP contribution in [0.5, 0.6) is 0 Å². The number of halogens is 1. The summed E-state index contributed by atoms with van der Waals surface area (Å²) in [5.74, 6) is 0.115. The molecule has 1 atom stereocenters. The van der Waals surface area contributed by atoms with Crippen molar-refractivity contribution in [3.63, 3.8) is 0 Å². The van der Waals surface area contributed by atoms with Gasteiger partial charge in [0.1, 0.15) is 5.82 Å². The van der Waals surface area contributed by atoms with Crippen molar-refractivity contribution in [3.8, 4) is 22.5 Å². The summed E-state index contributed by atoms with van der Waals surface area (Å²) in [6.45, 7) is 4.22. The molecular formula is C23H29FN6O2. The lowest BCUT2D eigenvalue weighted by atomic mass is 10.0. The molecule has 3 aromatic rings. The average Bonchev–Trinajstić information content (AvgIpc) is 3.05. The molecule has 4 rings (SSSR count). The highest BCUT2D eigenvalue weighted by Crippen LogP contribution is 2.31. The molecular weight excluding hydrogens is 411 g/mol. The second-order valence-corrected chi connectivity index (χ2v) is 8.15. The van der Waals surface area contributed by atoms with Gasteiger partial charge in [-0.25, -0.2) is 19.0 Å². The summed E-state index contributed by atoms with van der Waals surface area (Å²) in [5.41, 5.74) is 2.39. The van der Waals surface area contributed by atoms with E-state index in [0.29, 0.717) is 35.1 Å². The summed E-state index contributed by atoms with van der Waals surface area (Å²) < 4.78 is 22.5. The van der Waals surface area contributed by atoms with E-state index >= 15 is 0 Å². The third-order valence-electron chi connectivity index (χ3n) is 5.78. The first-order chi connectivity index (χ1) is 15.5. The zero-order valence-corrected chi connectivity index (χ0v) is 18.6. The third kappa shape index (κ3) is 4.44. The van der Waals surface area contributed by atoms with Crippen molar-refractivity contribution in [2.45, 2.75) is 31.8 Å². The van der Waals surface area contributed by atoms with Gasteiger partial charge in [0.2, 0.25) is 5.95 Å². The molecule has 8 nitrogen and oxygen atoms in total. The van der Waals surface area contributed by atoms with Gasteiger partial charge in [0.25, 0.3) is 5.56 Å². The van der Waals surface area contributed by atoms with Crippen LogP contribution in [0.2, 0.25) is 0 Å². The second kappa shape index (κ2) is 9.62. The lowest BCUT2D eigenvalue weighted by Crippen LogP contribution is -2.35. The fraction of sp³-hybridized carbons (Fsp3) is 0.435. The molecule has 3 heterocycles. The molecule has 1 unspecified atom stereocenters. The predicted molar refractivity (Wildman–Crippen MR) is 122 cm³/mol. The highest BCUT2D eigenvalue weighted by Gasteiger charge is 2.27. The summed E-state index contributed by atoms with van der Waals surface area (Å²) >= 11 is 0. The Labute approximate surface area is 186 Å². The SMILES string of the molecule is COCC(C)Nc1nccc(-c2c(-c3ccc(F)cc3)c(=O)n(C3CCNCC3)n2C)n1. The van der Waals surface area contributed by atoms with E-state index in [-0.39, 0.29) is 23.5 Å². The van der Waals surface area contributed by atoms with Crippen LogP contribution in [-0.2, 0) is 11.8 Å². The molecule has 1 aliphatic rings. The smallest absolute Gasteiger partial charge is 0.275 e. The van der Waals surface area contributed by atoms with Gasteiger partial charge in [-0.1, -0.05) is 12.1 Å². The van der Waals surface area contributed by atoms with Gasteiger partial charge in [-0.3, -0.25) is 9.48 Å². The Kier molecular flexibility index (Phi) is 6.66. The van der Waals surface area contributed by atoms with E-state index in [4.69, 9.17) is 9.72 Å². The van der Waals surface area contributed by atoms with Crippen LogP contribution >= 0.6 is 0 Å². The molecule has 9 heteroatoms. The van der Waals surface area contributed by atoms with E-state index in [1.807, 2.05) is 23.3 Å². The number of ether oxygens (including phenoxy) is 1. The maximum atomic E-state index is 13.7. The lowest BCUT2D eigenvalue weighted by molar-refractivity contribution is 0.190. The number of piperidine rings is 1. The van der Waals surface area contributed by atoms with Gasteiger partial charge in [0.05, 0.1) is 29.6 Å². The van der Waals surface area contributed by atoms with Crippen LogP contribution < -0.4 is 16.2 Å². The fourth-order valence-electron chi connectivity index (χ4n) is 4.33. The second-order valence-electron chi connectivity index (χ2n) is 8.15. The summed E-state index contributed by atoms with van der Waals surface area (Å²) in [6, 6.07) is 7.94. The first-order valence-corrected chi connectivity index (χ1v) is 10.9. The van der Waals surface area contributed by atoms with Crippen LogP contribution in [-0.4, -0.2) is 52.2 Å². The quantitative estimate of drug-likeness (QED) is 0.588. The molecule has 0 saturated carbocycles. The van der Waals surface area contributed by atoms with Gasteiger partial charge in [-0.15, -0.1) is 0 Å². The Bertz CT molecular complexity index is 1120. The van der Waals surface area contributed by atoms with Gasteiger partial charge >= 0.3 is 0 Å². The highest BCUT2D eigenvalue weighted by atomic mass is 19.1. The first kappa shape index (κ1) is 22.2. The van der Waals surface area contributed by atoms with Crippen LogP contribution in [0.25, 0.3) is 22.5 Å². The van der Waals surface area contributed by atoms with Crippen molar-refractivity contribution in [1.82, 2.24) is 24.6 Å². The lowest BCUT2D eigenvalue weighted by Gasteiger charge is -2.25. The molecule has 0 radical (unpaired) electrons. The van der Waals surface area contributed by atoms with E-state index in [1.165, 1.54) is 12.1 Å². The molecule has 0 spiro atoms. The van der Waals surface area contributed by atoms with Gasteiger partial charge < -0.3 is 15.4 Å². The normalized spacial score (nSPS) is 15.6. The molecule has 1 aromatic carbocycles. The van der Waals surface area contributed by atoms with Crippen molar-refractivity contribution < 1.29 is 9.13 Å². The van der Waals surface area contributed by atoms with Crippen LogP contribution in [0.4, 0.5) is 10.3 Å². The largest absolute Gasteiger partial charge is 0.383 e. The standard InChI is InChI=1S/C23H29FN6O2/c1-15(14-32-3)27-23-26-13-10-19(28-23)21-20(16-4-6-17(24)7-5-16)22(31)30(29(21)2)18-8-11-25-12-9-18/h4-7,10,13,15,18,25H,8-9,11-12,14H2,1-3H3,(H,26,27,28). The average molecular weight is 441 g/mol. The van der Waals surface area contributed by atoms with Crippen molar-refractivity contribution in [3.05, 3.63) is 52.7 Å². The Morgan fingerprint density at radius 2 is 1.97 bits per heavy atom. The minimum atomic E-state index is -0.342. The minimum absolute atomic E-state index is 0.0231. The molecule has 0 aliphatic carbocycles. The van der Waals surface area contributed by atoms with Gasteiger partial charge in [0, 0.05) is 26.4 Å². The molecule has 2 N–H and O–H groups in total. The zero-order valence-electron chi connectivity index (χ0n) is 18.6. The van der Waals surface area contributed by atoms with Gasteiger partial charge in [-0.2, -0.15) is 0 Å². The summed E-state index contributed by atoms with van der Waals surface area (Å²) in [4.78, 5) is 22.7. The summed E-state index contributed by atoms with van der Waals surface area (Å²) in [6.07, 6.45) is 3.40. The number of nitrogens with one attached hydrogen (secondary N) is 2. The molecule has 1 fully saturated rings. The Balaban J connectivity index is 1.85. The maximum Gasteiger partial charge on any atom is 0.275 e. The highest BCUT2D eigenvalue weighted by molar-refractivity contribution is 5.79. The molecule has 1 aliphatic heterocycles. The third-order valence-corrected chi connectivity index (χ3v) is 5.78. The monoisotopic (exact) mass is 440 g/mol. The van der Waals surface area contributed by atoms with Crippen molar-refractivity contribution >= 4 is 5.95 Å². The van der Waals surface area contributed by atoms with E-state index in [2.05, 4.69) is 15.6 Å². The van der Waals surface area contributed by atoms with Crippen LogP contribution in [0.3, 0.4) is 0 Å². The maximum absolute atomic E-state index is 13.7. The molecule has 2 aromatic heterocycles. The number of nitrogens with zero attached hydrogens (tertiary/aromatic N) is 4. The number of aromatic nitrogens is 4. The fourth-order valence-corrected chi connectivity index (χ4v) is 4.33. The number of hydrogen-bond donors (Lipinski definition) is 2. The topological polar surface area (TPSA) is 86.0 Å². The van der Waals surface area contributed by atoms with Crippen molar-refractivity contribution in [2.75, 3.05) is 32.1 Å². The number of benzene rings is 1. The Morgan fingerprint density at radius 3 is 2.66 bits per heavy atom. The van der Waals surface area contributed by atoms with E-state index in [0.717, 1.165) is 25.9 Å². The van der Waals surface area contributed by atoms with Crippen molar-refractivity contribution in [1.29, 1.82) is 0 Å². The van der Waals surface area contributed by atoms with Crippen molar-refractivity contribution in [2.24, 2.45) is 7.05 Å². The number of methoxy groups -OCH3 is 1.